The summed E-state index contributed by atoms with van der Waals surface area (Å²) in [7, 11) is 0. The fourth-order valence-corrected chi connectivity index (χ4v) is 3.69. The molecular formula is C18H23N5O. The van der Waals surface area contributed by atoms with Crippen molar-refractivity contribution in [2.24, 2.45) is 0 Å². The number of amides is 1. The van der Waals surface area contributed by atoms with Crippen LogP contribution in [0.15, 0.2) is 30.5 Å². The Morgan fingerprint density at radius 2 is 1.83 bits per heavy atom. The van der Waals surface area contributed by atoms with Crippen molar-refractivity contribution in [3.63, 3.8) is 0 Å². The zero-order chi connectivity index (χ0) is 16.4. The number of aromatic nitrogens is 2. The number of piperazine rings is 1. The van der Waals surface area contributed by atoms with Crippen LogP contribution in [0, 0.1) is 0 Å². The van der Waals surface area contributed by atoms with Crippen LogP contribution in [0.4, 0.5) is 5.82 Å². The molecule has 0 unspecified atom stereocenters. The van der Waals surface area contributed by atoms with Gasteiger partial charge in [0.1, 0.15) is 5.82 Å². The van der Waals surface area contributed by atoms with Gasteiger partial charge >= 0.3 is 0 Å². The van der Waals surface area contributed by atoms with Crippen molar-refractivity contribution in [2.75, 3.05) is 37.6 Å². The van der Waals surface area contributed by atoms with Crippen molar-refractivity contribution < 1.29 is 4.79 Å². The first-order valence-electron chi connectivity index (χ1n) is 8.77. The number of carbonyl (C=O) groups is 1. The number of rotatable bonds is 2. The molecular weight excluding hydrogens is 302 g/mol. The average molecular weight is 325 g/mol. The van der Waals surface area contributed by atoms with Crippen LogP contribution in [0.2, 0.25) is 0 Å². The number of carbonyl (C=O) groups excluding carboxylic acids is 1. The fourth-order valence-electron chi connectivity index (χ4n) is 3.69. The van der Waals surface area contributed by atoms with Gasteiger partial charge in [-0.15, -0.1) is 0 Å². The van der Waals surface area contributed by atoms with Gasteiger partial charge in [-0.05, 0) is 25.0 Å². The lowest BCUT2D eigenvalue weighted by molar-refractivity contribution is -0.120. The number of nitrogens with one attached hydrogen (secondary N) is 1. The Morgan fingerprint density at radius 1 is 1.04 bits per heavy atom. The first-order chi connectivity index (χ1) is 11.8. The third kappa shape index (κ3) is 3.19. The summed E-state index contributed by atoms with van der Waals surface area (Å²) in [5.41, 5.74) is 1.89. The summed E-state index contributed by atoms with van der Waals surface area (Å²) in [5.74, 6) is 1.16. The molecule has 0 spiro atoms. The highest BCUT2D eigenvalue weighted by molar-refractivity contribution is 5.76. The topological polar surface area (TPSA) is 61.4 Å². The van der Waals surface area contributed by atoms with Crippen LogP contribution < -0.4 is 10.2 Å². The molecule has 126 valence electrons. The third-order valence-corrected chi connectivity index (χ3v) is 5.09. The van der Waals surface area contributed by atoms with E-state index < -0.39 is 0 Å². The molecule has 0 aliphatic carbocycles. The quantitative estimate of drug-likeness (QED) is 0.905. The molecule has 1 aromatic heterocycles. The Hall–Kier alpha value is -2.21. The van der Waals surface area contributed by atoms with Crippen LogP contribution >= 0.6 is 0 Å². The van der Waals surface area contributed by atoms with E-state index in [0.29, 0.717) is 12.5 Å². The van der Waals surface area contributed by atoms with Gasteiger partial charge in [0.25, 0.3) is 0 Å². The van der Waals surface area contributed by atoms with E-state index in [4.69, 9.17) is 4.98 Å². The summed E-state index contributed by atoms with van der Waals surface area (Å²) in [6.45, 7) is 4.77. The van der Waals surface area contributed by atoms with Gasteiger partial charge in [-0.3, -0.25) is 14.7 Å². The Balaban J connectivity index is 1.40. The SMILES string of the molecule is O=C1CC[C@@H](N2CCN(c3cnc4ccccc4n3)CC2)CCN1. The van der Waals surface area contributed by atoms with Gasteiger partial charge in [0.2, 0.25) is 5.91 Å². The smallest absolute Gasteiger partial charge is 0.220 e. The van der Waals surface area contributed by atoms with Crippen LogP contribution in [-0.2, 0) is 4.79 Å². The van der Waals surface area contributed by atoms with Crippen molar-refractivity contribution in [3.05, 3.63) is 30.5 Å². The minimum atomic E-state index is 0.197. The first kappa shape index (κ1) is 15.3. The monoisotopic (exact) mass is 325 g/mol. The molecule has 3 heterocycles. The number of anilines is 1. The van der Waals surface area contributed by atoms with Crippen molar-refractivity contribution in [2.45, 2.75) is 25.3 Å². The van der Waals surface area contributed by atoms with E-state index in [2.05, 4.69) is 20.1 Å². The largest absolute Gasteiger partial charge is 0.356 e. The molecule has 2 fully saturated rings. The molecule has 1 N–H and O–H groups in total. The van der Waals surface area contributed by atoms with E-state index in [1.807, 2.05) is 30.5 Å². The summed E-state index contributed by atoms with van der Waals surface area (Å²) in [4.78, 5) is 25.6. The van der Waals surface area contributed by atoms with Crippen molar-refractivity contribution in [1.29, 1.82) is 0 Å². The van der Waals surface area contributed by atoms with E-state index >= 15 is 0 Å². The van der Waals surface area contributed by atoms with E-state index in [1.165, 1.54) is 0 Å². The van der Waals surface area contributed by atoms with Gasteiger partial charge in [0.15, 0.2) is 0 Å². The highest BCUT2D eigenvalue weighted by Crippen LogP contribution is 2.20. The molecule has 24 heavy (non-hydrogen) atoms. The average Bonchev–Trinajstić information content (AvgIpc) is 2.86. The van der Waals surface area contributed by atoms with Crippen LogP contribution in [0.1, 0.15) is 19.3 Å². The summed E-state index contributed by atoms with van der Waals surface area (Å²) in [6, 6.07) is 8.51. The van der Waals surface area contributed by atoms with E-state index in [9.17, 15) is 4.79 Å². The minimum absolute atomic E-state index is 0.197. The van der Waals surface area contributed by atoms with Crippen LogP contribution in [0.5, 0.6) is 0 Å². The minimum Gasteiger partial charge on any atom is -0.356 e. The number of hydrogen-bond acceptors (Lipinski definition) is 5. The molecule has 6 heteroatoms. The second kappa shape index (κ2) is 6.73. The Labute approximate surface area is 141 Å². The maximum absolute atomic E-state index is 11.5. The molecule has 1 amide bonds. The summed E-state index contributed by atoms with van der Waals surface area (Å²) in [6.07, 6.45) is 4.57. The number of benzene rings is 1. The van der Waals surface area contributed by atoms with Crippen LogP contribution in [0.3, 0.4) is 0 Å². The normalized spacial score (nSPS) is 23.1. The van der Waals surface area contributed by atoms with Crippen molar-refractivity contribution >= 4 is 22.8 Å². The van der Waals surface area contributed by atoms with Gasteiger partial charge in [0, 0.05) is 45.2 Å². The molecule has 0 saturated carbocycles. The molecule has 0 radical (unpaired) electrons. The Bertz CT molecular complexity index is 726. The van der Waals surface area contributed by atoms with Gasteiger partial charge in [-0.25, -0.2) is 4.98 Å². The maximum atomic E-state index is 11.5. The maximum Gasteiger partial charge on any atom is 0.220 e. The number of fused-ring (bicyclic) bond motifs is 1. The zero-order valence-electron chi connectivity index (χ0n) is 13.8. The van der Waals surface area contributed by atoms with Crippen LogP contribution in [-0.4, -0.2) is 59.5 Å². The Morgan fingerprint density at radius 3 is 2.67 bits per heavy atom. The van der Waals surface area contributed by atoms with Gasteiger partial charge in [0.05, 0.1) is 17.2 Å². The van der Waals surface area contributed by atoms with E-state index in [1.54, 1.807) is 0 Å². The third-order valence-electron chi connectivity index (χ3n) is 5.09. The predicted octanol–water partition coefficient (Wildman–Crippen LogP) is 1.42. The lowest BCUT2D eigenvalue weighted by Gasteiger charge is -2.39. The second-order valence-electron chi connectivity index (χ2n) is 6.57. The second-order valence-corrected chi connectivity index (χ2v) is 6.57. The van der Waals surface area contributed by atoms with E-state index in [-0.39, 0.29) is 5.91 Å². The molecule has 1 atom stereocenters. The zero-order valence-corrected chi connectivity index (χ0v) is 13.8. The van der Waals surface area contributed by atoms with Crippen molar-refractivity contribution in [3.8, 4) is 0 Å². The molecule has 2 aliphatic heterocycles. The lowest BCUT2D eigenvalue weighted by atomic mass is 10.1. The molecule has 4 rings (SSSR count). The van der Waals surface area contributed by atoms with E-state index in [0.717, 1.165) is 62.4 Å². The summed E-state index contributed by atoms with van der Waals surface area (Å²) in [5, 5.41) is 2.97. The first-order valence-corrected chi connectivity index (χ1v) is 8.77. The van der Waals surface area contributed by atoms with Gasteiger partial charge in [-0.1, -0.05) is 12.1 Å². The molecule has 2 saturated heterocycles. The molecule has 6 nitrogen and oxygen atoms in total. The number of para-hydroxylation sites is 2. The molecule has 2 aliphatic rings. The Kier molecular flexibility index (Phi) is 4.30. The predicted molar refractivity (Wildman–Crippen MR) is 94.0 cm³/mol. The van der Waals surface area contributed by atoms with Crippen LogP contribution in [0.25, 0.3) is 11.0 Å². The summed E-state index contributed by atoms with van der Waals surface area (Å²) < 4.78 is 0. The summed E-state index contributed by atoms with van der Waals surface area (Å²) >= 11 is 0. The molecule has 2 aromatic rings. The van der Waals surface area contributed by atoms with Gasteiger partial charge < -0.3 is 10.2 Å². The lowest BCUT2D eigenvalue weighted by Crippen LogP contribution is -2.50. The standard InChI is InChI=1S/C18H23N5O/c24-18-6-5-14(7-8-19-18)22-9-11-23(12-10-22)17-13-20-15-3-1-2-4-16(15)21-17/h1-4,13-14H,5-12H2,(H,19,24)/t14-/m1/s1. The highest BCUT2D eigenvalue weighted by atomic mass is 16.1. The van der Waals surface area contributed by atoms with Gasteiger partial charge in [-0.2, -0.15) is 0 Å². The highest BCUT2D eigenvalue weighted by Gasteiger charge is 2.26. The number of hydrogen-bond donors (Lipinski definition) is 1. The molecule has 0 bridgehead atoms. The molecule has 1 aromatic carbocycles. The van der Waals surface area contributed by atoms with Crippen molar-refractivity contribution in [1.82, 2.24) is 20.2 Å². The fraction of sp³-hybridized carbons (Fsp3) is 0.500. The number of nitrogens with zero attached hydrogens (tertiary/aromatic N) is 4.